The molecule has 4 aromatic rings. The minimum atomic E-state index is -0.587. The Morgan fingerprint density at radius 1 is 0.900 bits per heavy atom. The van der Waals surface area contributed by atoms with Gasteiger partial charge in [-0.3, -0.25) is 0 Å². The van der Waals surface area contributed by atoms with Crippen molar-refractivity contribution in [2.24, 2.45) is 0 Å². The molecule has 6 nitrogen and oxygen atoms in total. The van der Waals surface area contributed by atoms with Crippen molar-refractivity contribution in [2.45, 2.75) is 12.6 Å². The number of hydrogen-bond acceptors (Lipinski definition) is 4. The van der Waals surface area contributed by atoms with Crippen molar-refractivity contribution in [3.8, 4) is 11.5 Å². The predicted octanol–water partition coefficient (Wildman–Crippen LogP) is 4.98. The molecule has 1 heterocycles. The number of carbonyl (C=O) groups is 1. The molecule has 0 bridgehead atoms. The van der Waals surface area contributed by atoms with E-state index in [4.69, 9.17) is 16.0 Å². The Balaban J connectivity index is 1.53. The Labute approximate surface area is 178 Å². The van der Waals surface area contributed by atoms with Gasteiger partial charge in [0, 0.05) is 17.1 Å². The van der Waals surface area contributed by atoms with Gasteiger partial charge in [0.2, 0.25) is 11.8 Å². The molecule has 0 saturated carbocycles. The fourth-order valence-corrected chi connectivity index (χ4v) is 3.08. The van der Waals surface area contributed by atoms with E-state index >= 15 is 0 Å². The van der Waals surface area contributed by atoms with Crippen LogP contribution >= 0.6 is 11.6 Å². The summed E-state index contributed by atoms with van der Waals surface area (Å²) in [6.45, 7) is 0.411. The summed E-state index contributed by atoms with van der Waals surface area (Å²) in [7, 11) is 0. The Morgan fingerprint density at radius 2 is 1.57 bits per heavy atom. The second-order valence-electron chi connectivity index (χ2n) is 6.61. The van der Waals surface area contributed by atoms with Gasteiger partial charge in [0.1, 0.15) is 6.04 Å². The van der Waals surface area contributed by atoms with E-state index in [1.807, 2.05) is 60.7 Å². The van der Waals surface area contributed by atoms with Crippen molar-refractivity contribution in [1.82, 2.24) is 20.8 Å². The molecule has 30 heavy (non-hydrogen) atoms. The molecule has 0 aliphatic rings. The van der Waals surface area contributed by atoms with Crippen molar-refractivity contribution < 1.29 is 9.21 Å². The van der Waals surface area contributed by atoms with Gasteiger partial charge < -0.3 is 15.1 Å². The zero-order valence-electron chi connectivity index (χ0n) is 16.0. The van der Waals surface area contributed by atoms with Crippen LogP contribution in [0.15, 0.2) is 89.3 Å². The summed E-state index contributed by atoms with van der Waals surface area (Å²) in [5.41, 5.74) is 2.59. The van der Waals surface area contributed by atoms with Crippen molar-refractivity contribution in [3.05, 3.63) is 107 Å². The van der Waals surface area contributed by atoms with Crippen LogP contribution in [0.2, 0.25) is 5.02 Å². The molecule has 4 rings (SSSR count). The summed E-state index contributed by atoms with van der Waals surface area (Å²) < 4.78 is 5.88. The number of nitrogens with one attached hydrogen (secondary N) is 2. The summed E-state index contributed by atoms with van der Waals surface area (Å²) in [5, 5.41) is 14.7. The van der Waals surface area contributed by atoms with E-state index in [0.29, 0.717) is 23.3 Å². The van der Waals surface area contributed by atoms with Crippen LogP contribution in [-0.2, 0) is 6.54 Å². The van der Waals surface area contributed by atoms with Crippen molar-refractivity contribution in [2.75, 3.05) is 0 Å². The molecule has 1 atom stereocenters. The second kappa shape index (κ2) is 9.24. The van der Waals surface area contributed by atoms with Gasteiger partial charge in [0.05, 0.1) is 0 Å². The molecule has 0 radical (unpaired) electrons. The highest BCUT2D eigenvalue weighted by Crippen LogP contribution is 2.25. The van der Waals surface area contributed by atoms with Gasteiger partial charge >= 0.3 is 6.03 Å². The summed E-state index contributed by atoms with van der Waals surface area (Å²) in [6, 6.07) is 25.4. The first-order valence-electron chi connectivity index (χ1n) is 9.41. The predicted molar refractivity (Wildman–Crippen MR) is 115 cm³/mol. The molecule has 2 amide bonds. The van der Waals surface area contributed by atoms with Crippen LogP contribution in [0.3, 0.4) is 0 Å². The Bertz CT molecular complexity index is 1100. The van der Waals surface area contributed by atoms with Crippen LogP contribution in [0, 0.1) is 0 Å². The number of rotatable bonds is 6. The summed E-state index contributed by atoms with van der Waals surface area (Å²) >= 11 is 5.94. The number of carbonyl (C=O) groups excluding carboxylic acids is 1. The Morgan fingerprint density at radius 3 is 2.27 bits per heavy atom. The van der Waals surface area contributed by atoms with Crippen molar-refractivity contribution in [3.63, 3.8) is 0 Å². The monoisotopic (exact) mass is 418 g/mol. The van der Waals surface area contributed by atoms with Gasteiger partial charge in [-0.05, 0) is 35.4 Å². The lowest BCUT2D eigenvalue weighted by molar-refractivity contribution is 0.236. The summed E-state index contributed by atoms with van der Waals surface area (Å²) in [4.78, 5) is 12.6. The zero-order chi connectivity index (χ0) is 20.8. The quantitative estimate of drug-likeness (QED) is 0.462. The average molecular weight is 419 g/mol. The highest BCUT2D eigenvalue weighted by atomic mass is 35.5. The van der Waals surface area contributed by atoms with Gasteiger partial charge in [0.15, 0.2) is 0 Å². The molecule has 0 unspecified atom stereocenters. The topological polar surface area (TPSA) is 80.0 Å². The average Bonchev–Trinajstić information content (AvgIpc) is 3.28. The SMILES string of the molecule is O=C(NCc1ccccc1)N[C@H](c1ccccc1)c1nnc(-c2ccc(Cl)cc2)o1. The minimum absolute atomic E-state index is 0.293. The standard InChI is InChI=1S/C23H19ClN4O2/c24-19-13-11-18(12-14-19)21-27-28-22(30-21)20(17-9-5-2-6-10-17)26-23(29)25-15-16-7-3-1-4-8-16/h1-14,20H,15H2,(H2,25,26,29)/t20-/m1/s1. The molecule has 0 spiro atoms. The lowest BCUT2D eigenvalue weighted by Crippen LogP contribution is -2.38. The zero-order valence-corrected chi connectivity index (χ0v) is 16.7. The van der Waals surface area contributed by atoms with Gasteiger partial charge in [-0.1, -0.05) is 72.3 Å². The molecular formula is C23H19ClN4O2. The maximum atomic E-state index is 12.6. The van der Waals surface area contributed by atoms with Crippen LogP contribution in [-0.4, -0.2) is 16.2 Å². The fraction of sp³-hybridized carbons (Fsp3) is 0.0870. The number of benzene rings is 3. The van der Waals surface area contributed by atoms with E-state index in [1.165, 1.54) is 0 Å². The van der Waals surface area contributed by atoms with Crippen LogP contribution < -0.4 is 10.6 Å². The van der Waals surface area contributed by atoms with E-state index < -0.39 is 6.04 Å². The molecule has 1 aromatic heterocycles. The Hall–Kier alpha value is -3.64. The van der Waals surface area contributed by atoms with E-state index in [0.717, 1.165) is 16.7 Å². The van der Waals surface area contributed by atoms with Crippen LogP contribution in [0.5, 0.6) is 0 Å². The lowest BCUT2D eigenvalue weighted by Gasteiger charge is -2.16. The van der Waals surface area contributed by atoms with Crippen LogP contribution in [0.25, 0.3) is 11.5 Å². The van der Waals surface area contributed by atoms with Crippen LogP contribution in [0.4, 0.5) is 4.79 Å². The van der Waals surface area contributed by atoms with Crippen molar-refractivity contribution in [1.29, 1.82) is 0 Å². The lowest BCUT2D eigenvalue weighted by atomic mass is 10.1. The third-order valence-electron chi connectivity index (χ3n) is 4.48. The summed E-state index contributed by atoms with van der Waals surface area (Å²) in [5.74, 6) is 0.648. The number of nitrogens with zero attached hydrogens (tertiary/aromatic N) is 2. The molecule has 150 valence electrons. The normalized spacial score (nSPS) is 11.6. The smallest absolute Gasteiger partial charge is 0.315 e. The maximum absolute atomic E-state index is 12.6. The van der Waals surface area contributed by atoms with Gasteiger partial charge in [-0.15, -0.1) is 10.2 Å². The van der Waals surface area contributed by atoms with Gasteiger partial charge in [-0.2, -0.15) is 0 Å². The minimum Gasteiger partial charge on any atom is -0.418 e. The summed E-state index contributed by atoms with van der Waals surface area (Å²) in [6.07, 6.45) is 0. The van der Waals surface area contributed by atoms with Crippen LogP contribution in [0.1, 0.15) is 23.1 Å². The molecule has 0 saturated heterocycles. The molecule has 7 heteroatoms. The van der Waals surface area contributed by atoms with E-state index in [1.54, 1.807) is 24.3 Å². The second-order valence-corrected chi connectivity index (χ2v) is 7.05. The first-order valence-corrected chi connectivity index (χ1v) is 9.79. The largest absolute Gasteiger partial charge is 0.418 e. The third kappa shape index (κ3) is 4.85. The van der Waals surface area contributed by atoms with E-state index in [-0.39, 0.29) is 6.03 Å². The van der Waals surface area contributed by atoms with E-state index in [2.05, 4.69) is 20.8 Å². The van der Waals surface area contributed by atoms with Gasteiger partial charge in [-0.25, -0.2) is 4.79 Å². The van der Waals surface area contributed by atoms with Gasteiger partial charge in [0.25, 0.3) is 0 Å². The molecular weight excluding hydrogens is 400 g/mol. The highest BCUT2D eigenvalue weighted by Gasteiger charge is 2.23. The fourth-order valence-electron chi connectivity index (χ4n) is 2.95. The molecule has 3 aromatic carbocycles. The number of aromatic nitrogens is 2. The number of amides is 2. The number of hydrogen-bond donors (Lipinski definition) is 2. The third-order valence-corrected chi connectivity index (χ3v) is 4.73. The van der Waals surface area contributed by atoms with E-state index in [9.17, 15) is 4.79 Å². The molecule has 2 N–H and O–H groups in total. The molecule has 0 aliphatic carbocycles. The Kier molecular flexibility index (Phi) is 6.06. The number of halogens is 1. The first-order chi connectivity index (χ1) is 14.7. The maximum Gasteiger partial charge on any atom is 0.315 e. The highest BCUT2D eigenvalue weighted by molar-refractivity contribution is 6.30. The first kappa shape index (κ1) is 19.7. The number of urea groups is 1. The molecule has 0 aliphatic heterocycles. The van der Waals surface area contributed by atoms with Crippen molar-refractivity contribution >= 4 is 17.6 Å². The molecule has 0 fully saturated rings.